The zero-order valence-corrected chi connectivity index (χ0v) is 25.5. The summed E-state index contributed by atoms with van der Waals surface area (Å²) in [5.41, 5.74) is 3.36. The van der Waals surface area contributed by atoms with Crippen LogP contribution in [0.3, 0.4) is 0 Å². The summed E-state index contributed by atoms with van der Waals surface area (Å²) in [6.45, 7) is 7.56. The SMILES string of the molecule is CN(C)CCNCCOc1nc(CN2CCN(C(C3=CCCC(Cl)C=C3)c3ccc(O)cc3)CC2)nc2ccccc12. The van der Waals surface area contributed by atoms with Crippen molar-refractivity contribution in [2.75, 3.05) is 66.5 Å². The second-order valence-electron chi connectivity index (χ2n) is 11.3. The second-order valence-corrected chi connectivity index (χ2v) is 11.9. The van der Waals surface area contributed by atoms with Crippen molar-refractivity contribution >= 4 is 22.5 Å². The van der Waals surface area contributed by atoms with E-state index in [1.54, 1.807) is 12.1 Å². The van der Waals surface area contributed by atoms with Crippen LogP contribution in [-0.4, -0.2) is 102 Å². The van der Waals surface area contributed by atoms with Crippen molar-refractivity contribution in [1.82, 2.24) is 30.0 Å². The minimum absolute atomic E-state index is 0.0613. The highest BCUT2D eigenvalue weighted by Crippen LogP contribution is 2.34. The second kappa shape index (κ2) is 14.9. The molecule has 1 aliphatic heterocycles. The number of hydrogen-bond acceptors (Lipinski definition) is 8. The molecular weight excluding hydrogens is 548 g/mol. The van der Waals surface area contributed by atoms with E-state index in [4.69, 9.17) is 26.3 Å². The van der Waals surface area contributed by atoms with Gasteiger partial charge >= 0.3 is 0 Å². The predicted molar refractivity (Wildman–Crippen MR) is 170 cm³/mol. The number of nitrogens with zero attached hydrogens (tertiary/aromatic N) is 5. The van der Waals surface area contributed by atoms with Gasteiger partial charge in [-0.3, -0.25) is 9.80 Å². The third-order valence-electron chi connectivity index (χ3n) is 7.85. The van der Waals surface area contributed by atoms with Crippen molar-refractivity contribution in [1.29, 1.82) is 0 Å². The van der Waals surface area contributed by atoms with Crippen LogP contribution in [0, 0.1) is 0 Å². The van der Waals surface area contributed by atoms with Crippen molar-refractivity contribution in [2.24, 2.45) is 0 Å². The first-order chi connectivity index (χ1) is 20.5. The molecular formula is C33H43ClN6O2. The van der Waals surface area contributed by atoms with E-state index in [1.807, 2.05) is 36.4 Å². The van der Waals surface area contributed by atoms with E-state index in [-0.39, 0.29) is 17.2 Å². The Bertz CT molecular complexity index is 1350. The summed E-state index contributed by atoms with van der Waals surface area (Å²) in [5.74, 6) is 1.73. The van der Waals surface area contributed by atoms with Gasteiger partial charge in [0.1, 0.15) is 18.2 Å². The average Bonchev–Trinajstić information content (AvgIpc) is 3.20. The number of aromatic nitrogens is 2. The highest BCUT2D eigenvalue weighted by molar-refractivity contribution is 6.21. The van der Waals surface area contributed by atoms with E-state index in [0.717, 1.165) is 75.4 Å². The van der Waals surface area contributed by atoms with E-state index in [9.17, 15) is 5.11 Å². The van der Waals surface area contributed by atoms with Gasteiger partial charge < -0.3 is 20.1 Å². The molecule has 1 aromatic heterocycles. The average molecular weight is 591 g/mol. The first kappa shape index (κ1) is 30.4. The van der Waals surface area contributed by atoms with E-state index < -0.39 is 0 Å². The van der Waals surface area contributed by atoms with Gasteiger partial charge in [0.15, 0.2) is 0 Å². The van der Waals surface area contributed by atoms with Gasteiger partial charge in [-0.2, -0.15) is 4.98 Å². The Balaban J connectivity index is 1.24. The minimum atomic E-state index is 0.0613. The minimum Gasteiger partial charge on any atom is -0.508 e. The first-order valence-electron chi connectivity index (χ1n) is 15.0. The molecule has 224 valence electrons. The lowest BCUT2D eigenvalue weighted by atomic mass is 9.95. The van der Waals surface area contributed by atoms with Crippen LogP contribution < -0.4 is 10.1 Å². The molecule has 0 spiro atoms. The quantitative estimate of drug-likeness (QED) is 0.234. The number of alkyl halides is 1. The fourth-order valence-corrected chi connectivity index (χ4v) is 5.76. The molecule has 3 aromatic rings. The highest BCUT2D eigenvalue weighted by atomic mass is 35.5. The van der Waals surface area contributed by atoms with Crippen LogP contribution >= 0.6 is 11.6 Å². The van der Waals surface area contributed by atoms with Gasteiger partial charge in [0, 0.05) is 45.8 Å². The first-order valence-corrected chi connectivity index (χ1v) is 15.4. The fraction of sp³-hybridized carbons (Fsp3) is 0.455. The molecule has 2 aromatic carbocycles. The number of nitrogens with one attached hydrogen (secondary N) is 1. The maximum Gasteiger partial charge on any atom is 0.224 e. The highest BCUT2D eigenvalue weighted by Gasteiger charge is 2.28. The molecule has 0 saturated carbocycles. The third-order valence-corrected chi connectivity index (χ3v) is 8.21. The summed E-state index contributed by atoms with van der Waals surface area (Å²) in [6, 6.07) is 15.8. The number of para-hydroxylation sites is 1. The summed E-state index contributed by atoms with van der Waals surface area (Å²) in [4.78, 5) is 16.9. The molecule has 2 atom stereocenters. The standard InChI is InChI=1S/C33H43ClN6O2/c1-38(2)18-16-35-17-23-42-33-29-8-3-4-9-30(29)36-31(37-33)24-39-19-21-40(22-20-39)32(26-11-14-28(41)15-12-26)25-6-5-7-27(34)13-10-25/h3-4,6,8-15,27,32,35,41H,5,7,16-24H2,1-2H3. The van der Waals surface area contributed by atoms with Crippen molar-refractivity contribution in [3.05, 3.63) is 83.7 Å². The van der Waals surface area contributed by atoms with Gasteiger partial charge in [0.2, 0.25) is 5.88 Å². The number of fused-ring (bicyclic) bond motifs is 1. The number of phenolic OH excluding ortho intramolecular Hbond substituents is 1. The van der Waals surface area contributed by atoms with Crippen molar-refractivity contribution in [3.63, 3.8) is 0 Å². The molecule has 42 heavy (non-hydrogen) atoms. The van der Waals surface area contributed by atoms with Crippen molar-refractivity contribution in [3.8, 4) is 11.6 Å². The summed E-state index contributed by atoms with van der Waals surface area (Å²) < 4.78 is 6.15. The smallest absolute Gasteiger partial charge is 0.224 e. The van der Waals surface area contributed by atoms with Gasteiger partial charge in [-0.15, -0.1) is 11.6 Å². The third kappa shape index (κ3) is 8.30. The van der Waals surface area contributed by atoms with Gasteiger partial charge in [-0.25, -0.2) is 4.98 Å². The lowest BCUT2D eigenvalue weighted by Crippen LogP contribution is -2.47. The summed E-state index contributed by atoms with van der Waals surface area (Å²) in [6.07, 6.45) is 8.53. The molecule has 9 heteroatoms. The number of rotatable bonds is 12. The van der Waals surface area contributed by atoms with Gasteiger partial charge in [-0.1, -0.05) is 42.5 Å². The monoisotopic (exact) mass is 590 g/mol. The van der Waals surface area contributed by atoms with E-state index in [0.29, 0.717) is 19.0 Å². The Hall–Kier alpha value is -3.01. The molecule has 2 heterocycles. The number of phenols is 1. The number of benzene rings is 2. The van der Waals surface area contributed by atoms with Crippen LogP contribution in [0.2, 0.25) is 0 Å². The Labute approximate surface area is 254 Å². The van der Waals surface area contributed by atoms with Crippen LogP contribution in [0.4, 0.5) is 0 Å². The summed E-state index contributed by atoms with van der Waals surface area (Å²) in [7, 11) is 4.15. The molecule has 1 aliphatic carbocycles. The van der Waals surface area contributed by atoms with Crippen LogP contribution in [0.5, 0.6) is 11.6 Å². The van der Waals surface area contributed by atoms with Crippen LogP contribution in [0.25, 0.3) is 10.9 Å². The maximum atomic E-state index is 9.91. The van der Waals surface area contributed by atoms with Crippen molar-refractivity contribution in [2.45, 2.75) is 30.8 Å². The molecule has 8 nitrogen and oxygen atoms in total. The molecule has 2 aliphatic rings. The zero-order chi connectivity index (χ0) is 29.3. The molecule has 0 radical (unpaired) electrons. The lowest BCUT2D eigenvalue weighted by molar-refractivity contribution is 0.102. The van der Waals surface area contributed by atoms with E-state index in [2.05, 4.69) is 52.3 Å². The molecule has 5 rings (SSSR count). The Morgan fingerprint density at radius 3 is 2.62 bits per heavy atom. The topological polar surface area (TPSA) is 77.0 Å². The predicted octanol–water partition coefficient (Wildman–Crippen LogP) is 4.61. The van der Waals surface area contributed by atoms with Crippen LogP contribution in [0.15, 0.2) is 72.3 Å². The van der Waals surface area contributed by atoms with Gasteiger partial charge in [0.25, 0.3) is 0 Å². The number of halogens is 1. The lowest BCUT2D eigenvalue weighted by Gasteiger charge is -2.40. The number of aromatic hydroxyl groups is 1. The Morgan fingerprint density at radius 2 is 1.83 bits per heavy atom. The number of hydrogen-bond donors (Lipinski definition) is 2. The van der Waals surface area contributed by atoms with Gasteiger partial charge in [0.05, 0.1) is 28.9 Å². The van der Waals surface area contributed by atoms with Crippen LogP contribution in [-0.2, 0) is 6.54 Å². The molecule has 1 saturated heterocycles. The number of piperazine rings is 1. The van der Waals surface area contributed by atoms with Crippen LogP contribution in [0.1, 0.15) is 30.3 Å². The normalized spacial score (nSPS) is 19.1. The molecule has 0 bridgehead atoms. The fourth-order valence-electron chi connectivity index (χ4n) is 5.56. The summed E-state index contributed by atoms with van der Waals surface area (Å²) in [5, 5.41) is 14.3. The molecule has 1 fully saturated rings. The van der Waals surface area contributed by atoms with Crippen molar-refractivity contribution < 1.29 is 9.84 Å². The van der Waals surface area contributed by atoms with E-state index >= 15 is 0 Å². The molecule has 2 unspecified atom stereocenters. The number of allylic oxidation sites excluding steroid dienone is 2. The zero-order valence-electron chi connectivity index (χ0n) is 24.8. The Morgan fingerprint density at radius 1 is 1.05 bits per heavy atom. The maximum absolute atomic E-state index is 9.91. The molecule has 2 N–H and O–H groups in total. The number of likely N-dealkylation sites (N-methyl/N-ethyl adjacent to an activating group) is 1. The summed E-state index contributed by atoms with van der Waals surface area (Å²) >= 11 is 6.45. The Kier molecular flexibility index (Phi) is 10.8. The van der Waals surface area contributed by atoms with Gasteiger partial charge in [-0.05, 0) is 62.3 Å². The number of ether oxygens (including phenoxy) is 1. The largest absolute Gasteiger partial charge is 0.508 e. The molecule has 0 amide bonds. The van der Waals surface area contributed by atoms with E-state index in [1.165, 1.54) is 11.1 Å².